The molecule has 3 heterocycles. The zero-order valence-electron chi connectivity index (χ0n) is 16.8. The molecular formula is C23H18N2O5S. The molecule has 5 rings (SSSR count). The Morgan fingerprint density at radius 3 is 2.71 bits per heavy atom. The lowest BCUT2D eigenvalue weighted by Crippen LogP contribution is -2.29. The van der Waals surface area contributed by atoms with Gasteiger partial charge in [-0.15, -0.1) is 0 Å². The number of aliphatic hydroxyl groups is 1. The van der Waals surface area contributed by atoms with Crippen molar-refractivity contribution < 1.29 is 23.8 Å². The van der Waals surface area contributed by atoms with Crippen LogP contribution in [0.15, 0.2) is 64.8 Å². The smallest absolute Gasteiger partial charge is 0.342 e. The van der Waals surface area contributed by atoms with E-state index in [-0.39, 0.29) is 6.42 Å². The number of carbonyl (C=O) groups excluding carboxylic acids is 1. The van der Waals surface area contributed by atoms with Gasteiger partial charge in [-0.25, -0.2) is 4.79 Å². The average Bonchev–Trinajstić information content (AvgIpc) is 3.48. The Bertz CT molecular complexity index is 1330. The molecule has 0 spiro atoms. The van der Waals surface area contributed by atoms with Crippen LogP contribution in [0.2, 0.25) is 0 Å². The number of aromatic nitrogens is 2. The lowest BCUT2D eigenvalue weighted by atomic mass is 9.89. The van der Waals surface area contributed by atoms with Crippen LogP contribution in [-0.2, 0) is 21.7 Å². The monoisotopic (exact) mass is 434 g/mol. The van der Waals surface area contributed by atoms with Crippen LogP contribution in [-0.4, -0.2) is 26.9 Å². The van der Waals surface area contributed by atoms with E-state index in [1.54, 1.807) is 61.9 Å². The normalized spacial score (nSPS) is 18.6. The minimum atomic E-state index is -1.94. The number of rotatable bonds is 5. The maximum Gasteiger partial charge on any atom is 0.342 e. The number of fused-ring (bicyclic) bond motifs is 1. The fraction of sp³-hybridized carbons (Fsp3) is 0.174. The maximum absolute atomic E-state index is 13.1. The molecule has 156 valence electrons. The summed E-state index contributed by atoms with van der Waals surface area (Å²) in [6.07, 6.45) is 1.75. The first kappa shape index (κ1) is 19.5. The molecule has 0 radical (unpaired) electrons. The van der Waals surface area contributed by atoms with Gasteiger partial charge in [0.1, 0.15) is 22.5 Å². The molecule has 2 aromatic carbocycles. The summed E-state index contributed by atoms with van der Waals surface area (Å²) in [6, 6.07) is 14.1. The van der Waals surface area contributed by atoms with Crippen LogP contribution in [0.25, 0.3) is 16.6 Å². The molecule has 0 bridgehead atoms. The Hall–Kier alpha value is -3.49. The molecule has 8 heteroatoms. The highest BCUT2D eigenvalue weighted by atomic mass is 32.1. The Kier molecular flexibility index (Phi) is 4.60. The summed E-state index contributed by atoms with van der Waals surface area (Å²) in [7, 11) is 1.58. The number of carbonyl (C=O) groups is 1. The summed E-state index contributed by atoms with van der Waals surface area (Å²) in [5.74, 6) is -1.27. The molecule has 0 fully saturated rings. The van der Waals surface area contributed by atoms with Crippen molar-refractivity contribution in [3.05, 3.63) is 82.8 Å². The van der Waals surface area contributed by atoms with Gasteiger partial charge < -0.3 is 19.0 Å². The van der Waals surface area contributed by atoms with Crippen LogP contribution < -0.4 is 4.74 Å². The number of aryl methyl sites for hydroxylation is 1. The van der Waals surface area contributed by atoms with Crippen molar-refractivity contribution in [3.63, 3.8) is 0 Å². The molecule has 0 saturated heterocycles. The van der Waals surface area contributed by atoms with Crippen LogP contribution >= 0.6 is 11.7 Å². The van der Waals surface area contributed by atoms with E-state index in [9.17, 15) is 9.90 Å². The summed E-state index contributed by atoms with van der Waals surface area (Å²) in [4.78, 5) is 13.1. The second-order valence-corrected chi connectivity index (χ2v) is 7.82. The van der Waals surface area contributed by atoms with Gasteiger partial charge in [-0.3, -0.25) is 0 Å². The standard InChI is InChI=1S/C23H18N2O5S/c1-13-10-15(6-8-20(13)28-2)23(27)17(12-16-4-3-9-29-16)21(22(26)30-23)14-5-7-18-19(11-14)25-31-24-18/h3-11,27H,12H2,1-2H3. The second-order valence-electron chi connectivity index (χ2n) is 7.30. The van der Waals surface area contributed by atoms with Gasteiger partial charge in [0.05, 0.1) is 30.7 Å². The first-order valence-corrected chi connectivity index (χ1v) is 10.3. The third kappa shape index (κ3) is 3.20. The fourth-order valence-electron chi connectivity index (χ4n) is 3.89. The van der Waals surface area contributed by atoms with E-state index in [2.05, 4.69) is 8.75 Å². The highest BCUT2D eigenvalue weighted by molar-refractivity contribution is 7.00. The molecule has 7 nitrogen and oxygen atoms in total. The Balaban J connectivity index is 1.71. The van der Waals surface area contributed by atoms with Crippen LogP contribution in [0.1, 0.15) is 22.5 Å². The molecule has 4 aromatic rings. The number of benzene rings is 2. The van der Waals surface area contributed by atoms with Crippen LogP contribution in [0.3, 0.4) is 0 Å². The zero-order chi connectivity index (χ0) is 21.6. The largest absolute Gasteiger partial charge is 0.496 e. The molecule has 31 heavy (non-hydrogen) atoms. The lowest BCUT2D eigenvalue weighted by molar-refractivity contribution is -0.185. The fourth-order valence-corrected chi connectivity index (χ4v) is 4.40. The van der Waals surface area contributed by atoms with Crippen molar-refractivity contribution in [1.82, 2.24) is 8.75 Å². The molecule has 1 unspecified atom stereocenters. The van der Waals surface area contributed by atoms with E-state index in [1.807, 2.05) is 6.92 Å². The third-order valence-corrected chi connectivity index (χ3v) is 5.97. The van der Waals surface area contributed by atoms with Crippen molar-refractivity contribution in [2.24, 2.45) is 0 Å². The quantitative estimate of drug-likeness (QED) is 0.475. The maximum atomic E-state index is 13.1. The van der Waals surface area contributed by atoms with Crippen LogP contribution in [0, 0.1) is 6.92 Å². The van der Waals surface area contributed by atoms with Crippen LogP contribution in [0.5, 0.6) is 5.75 Å². The van der Waals surface area contributed by atoms with Crippen molar-refractivity contribution in [3.8, 4) is 5.75 Å². The summed E-state index contributed by atoms with van der Waals surface area (Å²) in [5, 5.41) is 11.7. The van der Waals surface area contributed by atoms with Crippen LogP contribution in [0.4, 0.5) is 0 Å². The molecule has 2 aromatic heterocycles. The van der Waals surface area contributed by atoms with Gasteiger partial charge in [0, 0.05) is 17.6 Å². The van der Waals surface area contributed by atoms with E-state index in [0.29, 0.717) is 39.3 Å². The highest BCUT2D eigenvalue weighted by Crippen LogP contribution is 2.45. The number of nitrogens with zero attached hydrogens (tertiary/aromatic N) is 2. The number of furan rings is 1. The Labute approximate surface area is 181 Å². The molecule has 0 saturated carbocycles. The van der Waals surface area contributed by atoms with Gasteiger partial charge in [0.2, 0.25) is 0 Å². The van der Waals surface area contributed by atoms with Crippen molar-refractivity contribution in [1.29, 1.82) is 0 Å². The number of hydrogen-bond acceptors (Lipinski definition) is 8. The number of hydrogen-bond donors (Lipinski definition) is 1. The second kappa shape index (κ2) is 7.33. The highest BCUT2D eigenvalue weighted by Gasteiger charge is 2.48. The first-order chi connectivity index (χ1) is 15.0. The zero-order valence-corrected chi connectivity index (χ0v) is 17.6. The minimum Gasteiger partial charge on any atom is -0.496 e. The third-order valence-electron chi connectivity index (χ3n) is 5.42. The summed E-state index contributed by atoms with van der Waals surface area (Å²) >= 11 is 1.10. The molecule has 0 aliphatic carbocycles. The molecule has 1 atom stereocenters. The van der Waals surface area contributed by atoms with Crippen molar-refractivity contribution in [2.75, 3.05) is 7.11 Å². The van der Waals surface area contributed by atoms with Gasteiger partial charge in [0.15, 0.2) is 0 Å². The number of cyclic esters (lactones) is 1. The predicted octanol–water partition coefficient (Wildman–Crippen LogP) is 4.00. The number of ether oxygens (including phenoxy) is 2. The molecule has 1 aliphatic rings. The SMILES string of the molecule is COc1ccc(C2(O)OC(=O)C(c3ccc4nsnc4c3)=C2Cc2ccco2)cc1C. The summed E-state index contributed by atoms with van der Waals surface area (Å²) in [6.45, 7) is 1.86. The number of esters is 1. The van der Waals surface area contributed by atoms with Crippen molar-refractivity contribution >= 4 is 34.3 Å². The van der Waals surface area contributed by atoms with Gasteiger partial charge in [0.25, 0.3) is 5.79 Å². The Morgan fingerprint density at radius 2 is 1.97 bits per heavy atom. The first-order valence-electron chi connectivity index (χ1n) is 9.59. The Morgan fingerprint density at radius 1 is 1.13 bits per heavy atom. The van der Waals surface area contributed by atoms with Gasteiger partial charge in [-0.05, 0) is 60.5 Å². The molecule has 0 amide bonds. The predicted molar refractivity (Wildman–Crippen MR) is 114 cm³/mol. The van der Waals surface area contributed by atoms with E-state index in [0.717, 1.165) is 22.8 Å². The van der Waals surface area contributed by atoms with E-state index in [1.165, 1.54) is 0 Å². The topological polar surface area (TPSA) is 94.7 Å². The summed E-state index contributed by atoms with van der Waals surface area (Å²) in [5.41, 5.74) is 3.97. The van der Waals surface area contributed by atoms with Gasteiger partial charge in [-0.2, -0.15) is 8.75 Å². The average molecular weight is 434 g/mol. The molecular weight excluding hydrogens is 416 g/mol. The lowest BCUT2D eigenvalue weighted by Gasteiger charge is -2.26. The minimum absolute atomic E-state index is 0.197. The van der Waals surface area contributed by atoms with Crippen molar-refractivity contribution in [2.45, 2.75) is 19.1 Å². The van der Waals surface area contributed by atoms with E-state index >= 15 is 0 Å². The summed E-state index contributed by atoms with van der Waals surface area (Å²) < 4.78 is 24.9. The van der Waals surface area contributed by atoms with E-state index in [4.69, 9.17) is 13.9 Å². The van der Waals surface area contributed by atoms with Gasteiger partial charge in [-0.1, -0.05) is 6.07 Å². The van der Waals surface area contributed by atoms with E-state index < -0.39 is 11.8 Å². The molecule has 1 N–H and O–H groups in total. The number of methoxy groups -OCH3 is 1. The molecule has 1 aliphatic heterocycles. The van der Waals surface area contributed by atoms with Gasteiger partial charge >= 0.3 is 5.97 Å².